The van der Waals surface area contributed by atoms with Crippen molar-refractivity contribution < 1.29 is 9.59 Å². The molecule has 4 nitrogen and oxygen atoms in total. The molecule has 132 valence electrons. The minimum Gasteiger partial charge on any atom is -0.348 e. The van der Waals surface area contributed by atoms with Gasteiger partial charge in [0.1, 0.15) is 0 Å². The summed E-state index contributed by atoms with van der Waals surface area (Å²) >= 11 is 0. The van der Waals surface area contributed by atoms with Crippen LogP contribution in [0.5, 0.6) is 0 Å². The Labute approximate surface area is 149 Å². The summed E-state index contributed by atoms with van der Waals surface area (Å²) in [5.41, 5.74) is 2.00. The molecule has 1 N–H and O–H groups in total. The lowest BCUT2D eigenvalue weighted by atomic mass is 10.1. The molecule has 0 saturated heterocycles. The van der Waals surface area contributed by atoms with Gasteiger partial charge < -0.3 is 10.2 Å². The number of amides is 2. The lowest BCUT2D eigenvalue weighted by Crippen LogP contribution is -2.42. The van der Waals surface area contributed by atoms with E-state index in [1.54, 1.807) is 4.90 Å². The van der Waals surface area contributed by atoms with Gasteiger partial charge in [0, 0.05) is 19.6 Å². The molecule has 2 rings (SSSR count). The molecule has 0 spiro atoms. The van der Waals surface area contributed by atoms with E-state index in [0.717, 1.165) is 17.5 Å². The molecule has 0 heterocycles. The number of rotatable bonds is 7. The average Bonchev–Trinajstić information content (AvgIpc) is 2.62. The van der Waals surface area contributed by atoms with E-state index < -0.39 is 11.8 Å². The van der Waals surface area contributed by atoms with E-state index in [9.17, 15) is 9.59 Å². The van der Waals surface area contributed by atoms with Crippen LogP contribution in [-0.4, -0.2) is 23.3 Å². The van der Waals surface area contributed by atoms with Crippen molar-refractivity contribution in [3.05, 3.63) is 71.8 Å². The highest BCUT2D eigenvalue weighted by Gasteiger charge is 2.22. The normalized spacial score (nSPS) is 10.5. The molecule has 2 amide bonds. The molecule has 0 aliphatic heterocycles. The Kier molecular flexibility index (Phi) is 7.20. The zero-order valence-corrected chi connectivity index (χ0v) is 14.9. The highest BCUT2D eigenvalue weighted by Crippen LogP contribution is 2.10. The molecule has 4 heteroatoms. The predicted octanol–water partition coefficient (Wildman–Crippen LogP) is 3.38. The number of hydrogen-bond donors (Lipinski definition) is 1. The average molecular weight is 338 g/mol. The van der Waals surface area contributed by atoms with E-state index in [-0.39, 0.29) is 0 Å². The van der Waals surface area contributed by atoms with Gasteiger partial charge in [-0.05, 0) is 23.5 Å². The summed E-state index contributed by atoms with van der Waals surface area (Å²) in [5, 5.41) is 2.74. The van der Waals surface area contributed by atoms with E-state index in [0.29, 0.717) is 25.6 Å². The summed E-state index contributed by atoms with van der Waals surface area (Å²) in [5.74, 6) is -0.538. The van der Waals surface area contributed by atoms with E-state index >= 15 is 0 Å². The molecule has 0 aliphatic carbocycles. The fourth-order valence-corrected chi connectivity index (χ4v) is 2.50. The molecule has 25 heavy (non-hydrogen) atoms. The van der Waals surface area contributed by atoms with Gasteiger partial charge >= 0.3 is 11.8 Å². The molecule has 0 atom stereocenters. The quantitative estimate of drug-likeness (QED) is 0.787. The van der Waals surface area contributed by atoms with Crippen molar-refractivity contribution in [3.8, 4) is 0 Å². The van der Waals surface area contributed by atoms with Crippen molar-refractivity contribution >= 4 is 11.8 Å². The van der Waals surface area contributed by atoms with Crippen LogP contribution in [0.25, 0.3) is 0 Å². The van der Waals surface area contributed by atoms with Gasteiger partial charge in [0.2, 0.25) is 0 Å². The maximum absolute atomic E-state index is 12.6. The smallest absolute Gasteiger partial charge is 0.312 e. The SMILES string of the molecule is CC(C)CCNC(=O)C(=O)N(Cc1ccccc1)Cc1ccccc1. The Bertz CT molecular complexity index is 627. The van der Waals surface area contributed by atoms with Gasteiger partial charge in [-0.3, -0.25) is 9.59 Å². The first-order valence-corrected chi connectivity index (χ1v) is 8.71. The van der Waals surface area contributed by atoms with Crippen molar-refractivity contribution in [1.82, 2.24) is 10.2 Å². The lowest BCUT2D eigenvalue weighted by Gasteiger charge is -2.22. The van der Waals surface area contributed by atoms with Gasteiger partial charge in [0.25, 0.3) is 0 Å². The number of nitrogens with one attached hydrogen (secondary N) is 1. The first-order valence-electron chi connectivity index (χ1n) is 8.71. The van der Waals surface area contributed by atoms with Gasteiger partial charge in [0.15, 0.2) is 0 Å². The number of carbonyl (C=O) groups excluding carboxylic acids is 2. The van der Waals surface area contributed by atoms with Gasteiger partial charge in [-0.25, -0.2) is 0 Å². The molecular weight excluding hydrogens is 312 g/mol. The Morgan fingerprint density at radius 2 is 1.36 bits per heavy atom. The van der Waals surface area contributed by atoms with Gasteiger partial charge in [-0.2, -0.15) is 0 Å². The summed E-state index contributed by atoms with van der Waals surface area (Å²) < 4.78 is 0. The second-order valence-electron chi connectivity index (χ2n) is 6.57. The maximum atomic E-state index is 12.6. The van der Waals surface area contributed by atoms with E-state index in [2.05, 4.69) is 19.2 Å². The van der Waals surface area contributed by atoms with Crippen LogP contribution in [0.2, 0.25) is 0 Å². The molecule has 0 fully saturated rings. The molecule has 2 aromatic carbocycles. The van der Waals surface area contributed by atoms with Crippen molar-refractivity contribution in [1.29, 1.82) is 0 Å². The first-order chi connectivity index (χ1) is 12.1. The van der Waals surface area contributed by atoms with Crippen LogP contribution in [0.3, 0.4) is 0 Å². The summed E-state index contributed by atoms with van der Waals surface area (Å²) in [7, 11) is 0. The second kappa shape index (κ2) is 9.62. The fourth-order valence-electron chi connectivity index (χ4n) is 2.50. The van der Waals surface area contributed by atoms with Crippen LogP contribution in [0.4, 0.5) is 0 Å². The van der Waals surface area contributed by atoms with Crippen LogP contribution in [-0.2, 0) is 22.7 Å². The molecule has 0 bridgehead atoms. The molecule has 0 radical (unpaired) electrons. The van der Waals surface area contributed by atoms with Crippen LogP contribution < -0.4 is 5.32 Å². The van der Waals surface area contributed by atoms with Gasteiger partial charge in [-0.1, -0.05) is 74.5 Å². The van der Waals surface area contributed by atoms with E-state index in [4.69, 9.17) is 0 Å². The highest BCUT2D eigenvalue weighted by atomic mass is 16.2. The summed E-state index contributed by atoms with van der Waals surface area (Å²) in [6.45, 7) is 5.52. The zero-order chi connectivity index (χ0) is 18.1. The molecule has 2 aromatic rings. The number of hydrogen-bond acceptors (Lipinski definition) is 2. The zero-order valence-electron chi connectivity index (χ0n) is 14.9. The van der Waals surface area contributed by atoms with Crippen molar-refractivity contribution in [2.75, 3.05) is 6.54 Å². The topological polar surface area (TPSA) is 49.4 Å². The predicted molar refractivity (Wildman–Crippen MR) is 99.6 cm³/mol. The van der Waals surface area contributed by atoms with Crippen molar-refractivity contribution in [3.63, 3.8) is 0 Å². The Morgan fingerprint density at radius 1 is 0.880 bits per heavy atom. The molecule has 0 aliphatic rings. The minimum absolute atomic E-state index is 0.409. The third-order valence-corrected chi connectivity index (χ3v) is 3.92. The first kappa shape index (κ1) is 18.7. The maximum Gasteiger partial charge on any atom is 0.312 e. The minimum atomic E-state index is -0.535. The summed E-state index contributed by atoms with van der Waals surface area (Å²) in [6, 6.07) is 19.4. The Morgan fingerprint density at radius 3 is 1.80 bits per heavy atom. The summed E-state index contributed by atoms with van der Waals surface area (Å²) in [6.07, 6.45) is 0.858. The fraction of sp³-hybridized carbons (Fsp3) is 0.333. The molecular formula is C21H26N2O2. The standard InChI is InChI=1S/C21H26N2O2/c1-17(2)13-14-22-20(24)21(25)23(15-18-9-5-3-6-10-18)16-19-11-7-4-8-12-19/h3-12,17H,13-16H2,1-2H3,(H,22,24). The van der Waals surface area contributed by atoms with Crippen molar-refractivity contribution in [2.24, 2.45) is 5.92 Å². The van der Waals surface area contributed by atoms with E-state index in [1.165, 1.54) is 0 Å². The largest absolute Gasteiger partial charge is 0.348 e. The Balaban J connectivity index is 2.07. The third-order valence-electron chi connectivity index (χ3n) is 3.92. The number of benzene rings is 2. The van der Waals surface area contributed by atoms with Crippen LogP contribution in [0.1, 0.15) is 31.4 Å². The third kappa shape index (κ3) is 6.42. The van der Waals surface area contributed by atoms with Crippen LogP contribution >= 0.6 is 0 Å². The van der Waals surface area contributed by atoms with Gasteiger partial charge in [0.05, 0.1) is 0 Å². The summed E-state index contributed by atoms with van der Waals surface area (Å²) in [4.78, 5) is 26.5. The monoisotopic (exact) mass is 338 g/mol. The Hall–Kier alpha value is -2.62. The van der Waals surface area contributed by atoms with Crippen LogP contribution in [0, 0.1) is 5.92 Å². The highest BCUT2D eigenvalue weighted by molar-refractivity contribution is 6.34. The lowest BCUT2D eigenvalue weighted by molar-refractivity contribution is -0.146. The second-order valence-corrected chi connectivity index (χ2v) is 6.57. The van der Waals surface area contributed by atoms with E-state index in [1.807, 2.05) is 60.7 Å². The van der Waals surface area contributed by atoms with Crippen LogP contribution in [0.15, 0.2) is 60.7 Å². The van der Waals surface area contributed by atoms with Gasteiger partial charge in [-0.15, -0.1) is 0 Å². The molecule has 0 saturated carbocycles. The number of nitrogens with zero attached hydrogens (tertiary/aromatic N) is 1. The number of carbonyl (C=O) groups is 2. The molecule has 0 aromatic heterocycles. The molecule has 0 unspecified atom stereocenters. The van der Waals surface area contributed by atoms with Crippen molar-refractivity contribution in [2.45, 2.75) is 33.4 Å².